The maximum absolute atomic E-state index is 10.3. The third-order valence-corrected chi connectivity index (χ3v) is 9.68. The van der Waals surface area contributed by atoms with Gasteiger partial charge in [-0.2, -0.15) is 0 Å². The molecule has 0 amide bonds. The molecule has 260 valence electrons. The van der Waals surface area contributed by atoms with Gasteiger partial charge in [0.15, 0.2) is 0 Å². The standard InChI is InChI=1S/C32H68N.C8H16O2/c1-5-9-13-17-21-25-29-33(30-26-22-18-14-10-6-2,31-27-23-19-15-11-7-3)32-28-24-20-16-12-8-4;1-3-5-6-7(4-2)8(9)10/h5-32H2,1-4H3;7H,3-6H2,1-2H3,(H,9,10)/q+1;/p-1. The highest BCUT2D eigenvalue weighted by atomic mass is 16.4. The first-order valence-corrected chi connectivity index (χ1v) is 20.0. The second kappa shape index (κ2) is 35.9. The number of quaternary nitrogens is 1. The second-order valence-corrected chi connectivity index (χ2v) is 13.9. The summed E-state index contributed by atoms with van der Waals surface area (Å²) in [5.74, 6) is -1.11. The van der Waals surface area contributed by atoms with Crippen molar-refractivity contribution < 1.29 is 14.4 Å². The van der Waals surface area contributed by atoms with Crippen molar-refractivity contribution >= 4 is 5.97 Å². The Hall–Kier alpha value is -0.570. The number of carboxylic acids is 1. The minimum Gasteiger partial charge on any atom is -0.550 e. The van der Waals surface area contributed by atoms with Gasteiger partial charge in [-0.25, -0.2) is 0 Å². The fraction of sp³-hybridized carbons (Fsp3) is 0.975. The highest BCUT2D eigenvalue weighted by Crippen LogP contribution is 2.21. The third-order valence-electron chi connectivity index (χ3n) is 9.68. The van der Waals surface area contributed by atoms with Gasteiger partial charge in [0, 0.05) is 5.97 Å². The molecule has 1 unspecified atom stereocenters. The van der Waals surface area contributed by atoms with Gasteiger partial charge in [0.25, 0.3) is 0 Å². The van der Waals surface area contributed by atoms with Crippen molar-refractivity contribution in [2.45, 2.75) is 221 Å². The van der Waals surface area contributed by atoms with Crippen LogP contribution in [0.3, 0.4) is 0 Å². The van der Waals surface area contributed by atoms with Crippen LogP contribution in [-0.4, -0.2) is 36.6 Å². The molecule has 0 heterocycles. The largest absolute Gasteiger partial charge is 0.550 e. The van der Waals surface area contributed by atoms with E-state index in [1.165, 1.54) is 185 Å². The molecule has 0 rings (SSSR count). The first-order chi connectivity index (χ1) is 21.0. The van der Waals surface area contributed by atoms with Crippen molar-refractivity contribution in [2.75, 3.05) is 26.2 Å². The summed E-state index contributed by atoms with van der Waals surface area (Å²) in [7, 11) is 0. The van der Waals surface area contributed by atoms with E-state index in [1.807, 2.05) is 6.92 Å². The molecule has 0 aromatic carbocycles. The van der Waals surface area contributed by atoms with E-state index < -0.39 is 5.97 Å². The molecule has 0 spiro atoms. The number of unbranched alkanes of at least 4 members (excludes halogenated alkanes) is 21. The van der Waals surface area contributed by atoms with Crippen molar-refractivity contribution in [2.24, 2.45) is 5.92 Å². The topological polar surface area (TPSA) is 40.1 Å². The van der Waals surface area contributed by atoms with Crippen molar-refractivity contribution in [1.82, 2.24) is 0 Å². The van der Waals surface area contributed by atoms with E-state index in [4.69, 9.17) is 0 Å². The van der Waals surface area contributed by atoms with Crippen LogP contribution in [0.25, 0.3) is 0 Å². The molecule has 0 N–H and O–H groups in total. The van der Waals surface area contributed by atoms with Crippen LogP contribution in [0, 0.1) is 5.92 Å². The lowest BCUT2D eigenvalue weighted by Crippen LogP contribution is -2.50. The molecule has 3 nitrogen and oxygen atoms in total. The number of nitrogens with zero attached hydrogens (tertiary/aromatic N) is 1. The minimum atomic E-state index is -0.893. The zero-order valence-electron chi connectivity index (χ0n) is 31.0. The van der Waals surface area contributed by atoms with Crippen LogP contribution in [-0.2, 0) is 4.79 Å². The molecule has 0 aliphatic rings. The molecule has 0 fully saturated rings. The van der Waals surface area contributed by atoms with Gasteiger partial charge in [-0.3, -0.25) is 0 Å². The van der Waals surface area contributed by atoms with E-state index in [-0.39, 0.29) is 5.92 Å². The van der Waals surface area contributed by atoms with Gasteiger partial charge >= 0.3 is 0 Å². The van der Waals surface area contributed by atoms with E-state index in [9.17, 15) is 9.90 Å². The summed E-state index contributed by atoms with van der Waals surface area (Å²) < 4.78 is 1.48. The Balaban J connectivity index is 0. The number of hydrogen-bond acceptors (Lipinski definition) is 2. The molecule has 0 radical (unpaired) electrons. The predicted molar refractivity (Wildman–Crippen MR) is 192 cm³/mol. The van der Waals surface area contributed by atoms with Gasteiger partial charge in [0.1, 0.15) is 0 Å². The Labute approximate surface area is 273 Å². The summed E-state index contributed by atoms with van der Waals surface area (Å²) in [6.45, 7) is 19.2. The number of rotatable bonds is 33. The Morgan fingerprint density at radius 2 is 0.674 bits per heavy atom. The molecule has 0 bridgehead atoms. The molecule has 0 aromatic rings. The summed E-state index contributed by atoms with van der Waals surface area (Å²) in [5, 5.41) is 10.3. The van der Waals surface area contributed by atoms with Crippen molar-refractivity contribution in [3.63, 3.8) is 0 Å². The van der Waals surface area contributed by atoms with Crippen LogP contribution in [0.4, 0.5) is 0 Å². The molecule has 43 heavy (non-hydrogen) atoms. The highest BCUT2D eigenvalue weighted by Gasteiger charge is 2.25. The fourth-order valence-corrected chi connectivity index (χ4v) is 6.52. The lowest BCUT2D eigenvalue weighted by molar-refractivity contribution is -0.929. The van der Waals surface area contributed by atoms with Crippen LogP contribution in [0.5, 0.6) is 0 Å². The van der Waals surface area contributed by atoms with Gasteiger partial charge in [0.05, 0.1) is 26.2 Å². The van der Waals surface area contributed by atoms with Crippen LogP contribution < -0.4 is 5.11 Å². The van der Waals surface area contributed by atoms with E-state index in [0.29, 0.717) is 6.42 Å². The third kappa shape index (κ3) is 31.2. The van der Waals surface area contributed by atoms with Gasteiger partial charge in [-0.15, -0.1) is 0 Å². The van der Waals surface area contributed by atoms with Crippen LogP contribution in [0.1, 0.15) is 221 Å². The molecular formula is C40H83NO2. The molecule has 0 saturated carbocycles. The highest BCUT2D eigenvalue weighted by molar-refractivity contribution is 5.67. The van der Waals surface area contributed by atoms with E-state index >= 15 is 0 Å². The van der Waals surface area contributed by atoms with Gasteiger partial charge in [0.2, 0.25) is 0 Å². The van der Waals surface area contributed by atoms with E-state index in [0.717, 1.165) is 19.3 Å². The van der Waals surface area contributed by atoms with Gasteiger partial charge in [-0.05, 0) is 70.1 Å². The predicted octanol–water partition coefficient (Wildman–Crippen LogP) is 12.2. The van der Waals surface area contributed by atoms with E-state index in [1.54, 1.807) is 0 Å². The SMILES string of the molecule is CCCCC(CC)C(=O)[O-].CCCCCCCC[N+](CCCCCCCC)(CCCCCCCC)CCCCCCCC. The summed E-state index contributed by atoms with van der Waals surface area (Å²) in [5.41, 5.74) is 0. The fourth-order valence-electron chi connectivity index (χ4n) is 6.52. The Morgan fingerprint density at radius 3 is 0.907 bits per heavy atom. The summed E-state index contributed by atoms with van der Waals surface area (Å²) >= 11 is 0. The average molecular weight is 610 g/mol. The molecule has 0 saturated heterocycles. The summed E-state index contributed by atoms with van der Waals surface area (Å²) in [4.78, 5) is 10.3. The van der Waals surface area contributed by atoms with Gasteiger partial charge < -0.3 is 14.4 Å². The zero-order valence-corrected chi connectivity index (χ0v) is 31.0. The molecule has 1 atom stereocenters. The molecule has 3 heteroatoms. The maximum Gasteiger partial charge on any atom is 0.0786 e. The minimum absolute atomic E-state index is 0.222. The number of hydrogen-bond donors (Lipinski definition) is 0. The van der Waals surface area contributed by atoms with Crippen molar-refractivity contribution in [1.29, 1.82) is 0 Å². The zero-order chi connectivity index (χ0) is 32.3. The number of carbonyl (C=O) groups excluding carboxylic acids is 1. The smallest absolute Gasteiger partial charge is 0.0786 e. The quantitative estimate of drug-likeness (QED) is 0.0548. The number of carbonyl (C=O) groups is 1. The molecule has 0 aromatic heterocycles. The van der Waals surface area contributed by atoms with Crippen LogP contribution in [0.15, 0.2) is 0 Å². The maximum atomic E-state index is 10.3. The first-order valence-electron chi connectivity index (χ1n) is 20.0. The summed E-state index contributed by atoms with van der Waals surface area (Å²) in [6, 6.07) is 0. The lowest BCUT2D eigenvalue weighted by atomic mass is 10.00. The first kappa shape index (κ1) is 44.6. The molecular weight excluding hydrogens is 526 g/mol. The number of carboxylic acid groups (broad SMARTS) is 1. The Bertz CT molecular complexity index is 465. The lowest BCUT2D eigenvalue weighted by Gasteiger charge is -2.40. The van der Waals surface area contributed by atoms with E-state index in [2.05, 4.69) is 34.6 Å². The normalized spacial score (nSPS) is 12.2. The summed E-state index contributed by atoms with van der Waals surface area (Å²) in [6.07, 6.45) is 38.3. The molecule has 0 aliphatic heterocycles. The van der Waals surface area contributed by atoms with Crippen LogP contribution >= 0.6 is 0 Å². The number of aliphatic carboxylic acids is 1. The Morgan fingerprint density at radius 1 is 0.419 bits per heavy atom. The van der Waals surface area contributed by atoms with Crippen molar-refractivity contribution in [3.05, 3.63) is 0 Å². The second-order valence-electron chi connectivity index (χ2n) is 13.9. The van der Waals surface area contributed by atoms with Gasteiger partial charge in [-0.1, -0.05) is 157 Å². The average Bonchev–Trinajstić information content (AvgIpc) is 3.00. The Kier molecular flexibility index (Phi) is 37.2. The van der Waals surface area contributed by atoms with Crippen molar-refractivity contribution in [3.8, 4) is 0 Å². The molecule has 0 aliphatic carbocycles. The van der Waals surface area contributed by atoms with Crippen LogP contribution in [0.2, 0.25) is 0 Å². The monoisotopic (exact) mass is 610 g/mol.